The van der Waals surface area contributed by atoms with Crippen LogP contribution in [0, 0.1) is 5.92 Å². The highest BCUT2D eigenvalue weighted by Gasteiger charge is 2.18. The molecule has 1 aliphatic heterocycles. The molecule has 4 N–H and O–H groups in total. The fourth-order valence-corrected chi connectivity index (χ4v) is 3.36. The van der Waals surface area contributed by atoms with Gasteiger partial charge in [-0.05, 0) is 43.4 Å². The smallest absolute Gasteiger partial charge is 0.238 e. The average molecular weight is 297 g/mol. The largest absolute Gasteiger partial charge is 0.397 e. The molecule has 0 spiro atoms. The fraction of sp³-hybridized carbons (Fsp3) is 0.571. The standard InChI is InChI=1S/C14H23N3O2S/c1-2-11-4-3-8-17(9-7-11)14-6-5-12(10-13(14)15)20(16,18)19/h5-6,10-11H,2-4,7-9,15H2,1H3,(H2,16,18,19). The summed E-state index contributed by atoms with van der Waals surface area (Å²) in [4.78, 5) is 2.32. The van der Waals surface area contributed by atoms with Gasteiger partial charge in [0.05, 0.1) is 16.3 Å². The Morgan fingerprint density at radius 1 is 1.30 bits per heavy atom. The van der Waals surface area contributed by atoms with Gasteiger partial charge in [0.2, 0.25) is 10.0 Å². The summed E-state index contributed by atoms with van der Waals surface area (Å²) < 4.78 is 22.6. The molecule has 1 saturated heterocycles. The van der Waals surface area contributed by atoms with E-state index in [0.29, 0.717) is 5.69 Å². The summed E-state index contributed by atoms with van der Waals surface area (Å²) in [5, 5.41) is 5.12. The number of nitrogens with zero attached hydrogens (tertiary/aromatic N) is 1. The lowest BCUT2D eigenvalue weighted by molar-refractivity contribution is 0.459. The van der Waals surface area contributed by atoms with Gasteiger partial charge in [0.25, 0.3) is 0 Å². The van der Waals surface area contributed by atoms with Crippen LogP contribution in [0.3, 0.4) is 0 Å². The van der Waals surface area contributed by atoms with Crippen LogP contribution >= 0.6 is 0 Å². The summed E-state index contributed by atoms with van der Waals surface area (Å²) in [7, 11) is -3.69. The number of benzene rings is 1. The maximum Gasteiger partial charge on any atom is 0.238 e. The zero-order chi connectivity index (χ0) is 14.8. The molecule has 6 heteroatoms. The van der Waals surface area contributed by atoms with Crippen LogP contribution in [0.25, 0.3) is 0 Å². The van der Waals surface area contributed by atoms with Crippen molar-refractivity contribution in [3.05, 3.63) is 18.2 Å². The molecule has 0 amide bonds. The predicted molar refractivity (Wildman–Crippen MR) is 82.1 cm³/mol. The van der Waals surface area contributed by atoms with Crippen molar-refractivity contribution in [1.29, 1.82) is 0 Å². The maximum absolute atomic E-state index is 11.3. The second-order valence-electron chi connectivity index (χ2n) is 5.46. The van der Waals surface area contributed by atoms with Crippen molar-refractivity contribution in [3.63, 3.8) is 0 Å². The maximum atomic E-state index is 11.3. The minimum absolute atomic E-state index is 0.0695. The van der Waals surface area contributed by atoms with E-state index in [1.54, 1.807) is 6.07 Å². The normalized spacial score (nSPS) is 20.7. The number of nitrogens with two attached hydrogens (primary N) is 2. The molecule has 2 rings (SSSR count). The molecule has 0 saturated carbocycles. The summed E-state index contributed by atoms with van der Waals surface area (Å²) in [5.74, 6) is 0.782. The lowest BCUT2D eigenvalue weighted by Gasteiger charge is -2.24. The topological polar surface area (TPSA) is 89.4 Å². The van der Waals surface area contributed by atoms with E-state index in [0.717, 1.165) is 37.5 Å². The molecule has 1 unspecified atom stereocenters. The number of anilines is 2. The Morgan fingerprint density at radius 2 is 2.05 bits per heavy atom. The van der Waals surface area contributed by atoms with Gasteiger partial charge in [-0.1, -0.05) is 13.3 Å². The SMILES string of the molecule is CCC1CCCN(c2ccc(S(N)(=O)=O)cc2N)CC1. The van der Waals surface area contributed by atoms with Gasteiger partial charge in [0.1, 0.15) is 0 Å². The van der Waals surface area contributed by atoms with E-state index in [2.05, 4.69) is 11.8 Å². The number of nitrogen functional groups attached to an aromatic ring is 1. The van der Waals surface area contributed by atoms with Crippen molar-refractivity contribution in [2.45, 2.75) is 37.5 Å². The summed E-state index contributed by atoms with van der Waals surface area (Å²) in [6, 6.07) is 4.75. The fourth-order valence-electron chi connectivity index (χ4n) is 2.81. The molecule has 0 aliphatic carbocycles. The Hall–Kier alpha value is -1.27. The Kier molecular flexibility index (Phi) is 4.55. The molecule has 1 fully saturated rings. The summed E-state index contributed by atoms with van der Waals surface area (Å²) in [6.07, 6.45) is 4.78. The Labute approximate surface area is 121 Å². The van der Waals surface area contributed by atoms with Gasteiger partial charge in [-0.25, -0.2) is 13.6 Å². The molecule has 1 aromatic rings. The number of primary sulfonamides is 1. The zero-order valence-corrected chi connectivity index (χ0v) is 12.7. The van der Waals surface area contributed by atoms with E-state index in [9.17, 15) is 8.42 Å². The van der Waals surface area contributed by atoms with Gasteiger partial charge < -0.3 is 10.6 Å². The minimum atomic E-state index is -3.69. The highest BCUT2D eigenvalue weighted by molar-refractivity contribution is 7.89. The molecule has 112 valence electrons. The van der Waals surface area contributed by atoms with Crippen molar-refractivity contribution >= 4 is 21.4 Å². The molecule has 1 aromatic carbocycles. The minimum Gasteiger partial charge on any atom is -0.397 e. The molecule has 0 radical (unpaired) electrons. The van der Waals surface area contributed by atoms with Crippen LogP contribution in [0.15, 0.2) is 23.1 Å². The van der Waals surface area contributed by atoms with E-state index in [1.165, 1.54) is 25.0 Å². The molecular formula is C14H23N3O2S. The first-order valence-corrected chi connectivity index (χ1v) is 8.63. The molecule has 20 heavy (non-hydrogen) atoms. The van der Waals surface area contributed by atoms with Crippen LogP contribution in [0.1, 0.15) is 32.6 Å². The molecule has 1 heterocycles. The highest BCUT2D eigenvalue weighted by atomic mass is 32.2. The number of hydrogen-bond donors (Lipinski definition) is 2. The van der Waals surface area contributed by atoms with E-state index in [1.807, 2.05) is 0 Å². The third-order valence-corrected chi connectivity index (χ3v) is 5.00. The van der Waals surface area contributed by atoms with Crippen molar-refractivity contribution < 1.29 is 8.42 Å². The van der Waals surface area contributed by atoms with Gasteiger partial charge in [0, 0.05) is 13.1 Å². The zero-order valence-electron chi connectivity index (χ0n) is 11.9. The summed E-state index contributed by atoms with van der Waals surface area (Å²) >= 11 is 0. The second kappa shape index (κ2) is 6.01. The predicted octanol–water partition coefficient (Wildman–Crippen LogP) is 1.93. The van der Waals surface area contributed by atoms with Crippen LogP contribution in [0.4, 0.5) is 11.4 Å². The number of hydrogen-bond acceptors (Lipinski definition) is 4. The number of rotatable bonds is 3. The van der Waals surface area contributed by atoms with Crippen LogP contribution in [-0.2, 0) is 10.0 Å². The summed E-state index contributed by atoms with van der Waals surface area (Å²) in [5.41, 5.74) is 7.39. The van der Waals surface area contributed by atoms with E-state index >= 15 is 0 Å². The lowest BCUT2D eigenvalue weighted by Crippen LogP contribution is -2.25. The van der Waals surface area contributed by atoms with E-state index < -0.39 is 10.0 Å². The van der Waals surface area contributed by atoms with Crippen LogP contribution in [-0.4, -0.2) is 21.5 Å². The van der Waals surface area contributed by atoms with Crippen molar-refractivity contribution in [3.8, 4) is 0 Å². The molecule has 0 bridgehead atoms. The molecule has 1 aliphatic rings. The third-order valence-electron chi connectivity index (χ3n) is 4.09. The van der Waals surface area contributed by atoms with Gasteiger partial charge >= 0.3 is 0 Å². The molecule has 0 aromatic heterocycles. The van der Waals surface area contributed by atoms with Gasteiger partial charge in [-0.2, -0.15) is 0 Å². The first-order chi connectivity index (χ1) is 9.41. The molecule has 1 atom stereocenters. The second-order valence-corrected chi connectivity index (χ2v) is 7.02. The first-order valence-electron chi connectivity index (χ1n) is 7.09. The van der Waals surface area contributed by atoms with Gasteiger partial charge in [0.15, 0.2) is 0 Å². The van der Waals surface area contributed by atoms with Crippen molar-refractivity contribution in [2.24, 2.45) is 11.1 Å². The van der Waals surface area contributed by atoms with Crippen LogP contribution < -0.4 is 15.8 Å². The van der Waals surface area contributed by atoms with Crippen molar-refractivity contribution in [1.82, 2.24) is 0 Å². The average Bonchev–Trinajstić information content (AvgIpc) is 2.62. The monoisotopic (exact) mass is 297 g/mol. The van der Waals surface area contributed by atoms with Gasteiger partial charge in [-0.15, -0.1) is 0 Å². The van der Waals surface area contributed by atoms with E-state index in [-0.39, 0.29) is 4.90 Å². The van der Waals surface area contributed by atoms with Crippen molar-refractivity contribution in [2.75, 3.05) is 23.7 Å². The Morgan fingerprint density at radius 3 is 2.65 bits per heavy atom. The quantitative estimate of drug-likeness (QED) is 0.834. The van der Waals surface area contributed by atoms with Crippen LogP contribution in [0.5, 0.6) is 0 Å². The Balaban J connectivity index is 2.21. The first kappa shape index (κ1) is 15.1. The number of sulfonamides is 1. The Bertz CT molecular complexity index is 572. The molecular weight excluding hydrogens is 274 g/mol. The lowest BCUT2D eigenvalue weighted by atomic mass is 9.98. The van der Waals surface area contributed by atoms with Gasteiger partial charge in [-0.3, -0.25) is 0 Å². The third kappa shape index (κ3) is 3.43. The summed E-state index contributed by atoms with van der Waals surface area (Å²) in [6.45, 7) is 4.17. The van der Waals surface area contributed by atoms with Crippen LogP contribution in [0.2, 0.25) is 0 Å². The van der Waals surface area contributed by atoms with E-state index in [4.69, 9.17) is 10.9 Å². The highest BCUT2D eigenvalue weighted by Crippen LogP contribution is 2.29. The molecule has 5 nitrogen and oxygen atoms in total.